The van der Waals surface area contributed by atoms with Crippen LogP contribution in [0.15, 0.2) is 0 Å². The summed E-state index contributed by atoms with van der Waals surface area (Å²) in [5.41, 5.74) is 0. The Balaban J connectivity index is 2.40. The molecule has 3 nitrogen and oxygen atoms in total. The average Bonchev–Trinajstić information content (AvgIpc) is 2.39. The van der Waals surface area contributed by atoms with E-state index in [0.717, 1.165) is 19.5 Å². The van der Waals surface area contributed by atoms with E-state index in [1.807, 2.05) is 0 Å². The molecule has 1 saturated heterocycles. The highest BCUT2D eigenvalue weighted by molar-refractivity contribution is 4.79. The molecule has 0 aromatic carbocycles. The van der Waals surface area contributed by atoms with E-state index in [-0.39, 0.29) is 6.61 Å². The number of hydrogen-bond donors (Lipinski definition) is 1. The van der Waals surface area contributed by atoms with Gasteiger partial charge in [0.25, 0.3) is 0 Å². The second kappa shape index (κ2) is 5.95. The molecule has 3 heteroatoms. The average molecular weight is 182 g/mol. The summed E-state index contributed by atoms with van der Waals surface area (Å²) in [6.07, 6.45) is 5.36. The van der Waals surface area contributed by atoms with Gasteiger partial charge in [0.2, 0.25) is 0 Å². The molecule has 1 rings (SSSR count). The molecule has 0 spiro atoms. The van der Waals surface area contributed by atoms with Gasteiger partial charge >= 0.3 is 0 Å². The van der Waals surface area contributed by atoms with Crippen LogP contribution in [0.4, 0.5) is 0 Å². The van der Waals surface area contributed by atoms with Crippen LogP contribution in [-0.2, 0) is 0 Å². The van der Waals surface area contributed by atoms with E-state index in [2.05, 4.69) is 11.0 Å². The number of aliphatic hydroxyl groups excluding tert-OH is 1. The molecule has 1 fully saturated rings. The lowest BCUT2D eigenvalue weighted by molar-refractivity contribution is 0.126. The zero-order valence-electron chi connectivity index (χ0n) is 8.08. The minimum Gasteiger partial charge on any atom is -0.395 e. The summed E-state index contributed by atoms with van der Waals surface area (Å²) in [5, 5.41) is 17.6. The number of hydrogen-bond acceptors (Lipinski definition) is 3. The molecule has 13 heavy (non-hydrogen) atoms. The summed E-state index contributed by atoms with van der Waals surface area (Å²) in [6, 6.07) is 2.46. The number of nitrogens with zero attached hydrogens (tertiary/aromatic N) is 2. The summed E-state index contributed by atoms with van der Waals surface area (Å²) < 4.78 is 0. The molecule has 1 unspecified atom stereocenters. The monoisotopic (exact) mass is 182 g/mol. The summed E-state index contributed by atoms with van der Waals surface area (Å²) >= 11 is 0. The van der Waals surface area contributed by atoms with Gasteiger partial charge in [-0.1, -0.05) is 12.8 Å². The van der Waals surface area contributed by atoms with Crippen molar-refractivity contribution < 1.29 is 5.11 Å². The van der Waals surface area contributed by atoms with Crippen LogP contribution in [0.3, 0.4) is 0 Å². The Morgan fingerprint density at radius 2 is 2.23 bits per heavy atom. The second-order valence-corrected chi connectivity index (χ2v) is 3.63. The van der Waals surface area contributed by atoms with Crippen LogP contribution in [-0.4, -0.2) is 35.7 Å². The minimum absolute atomic E-state index is 0.241. The van der Waals surface area contributed by atoms with Crippen LogP contribution in [0, 0.1) is 11.3 Å². The van der Waals surface area contributed by atoms with Crippen LogP contribution in [0.5, 0.6) is 0 Å². The smallest absolute Gasteiger partial charge is 0.0635 e. The lowest BCUT2D eigenvalue weighted by Gasteiger charge is -2.27. The maximum Gasteiger partial charge on any atom is 0.0635 e. The molecule has 1 aliphatic heterocycles. The SMILES string of the molecule is N#CCCN1CCCCCC1CO. The molecule has 74 valence electrons. The normalized spacial score (nSPS) is 25.1. The fourth-order valence-corrected chi connectivity index (χ4v) is 1.93. The Kier molecular flexibility index (Phi) is 4.81. The zero-order valence-corrected chi connectivity index (χ0v) is 8.08. The number of aliphatic hydroxyl groups is 1. The Hall–Kier alpha value is -0.590. The van der Waals surface area contributed by atoms with Crippen molar-refractivity contribution in [1.29, 1.82) is 5.26 Å². The number of rotatable bonds is 3. The predicted molar refractivity (Wildman–Crippen MR) is 51.1 cm³/mol. The van der Waals surface area contributed by atoms with E-state index in [4.69, 9.17) is 10.4 Å². The Morgan fingerprint density at radius 1 is 1.38 bits per heavy atom. The first kappa shape index (κ1) is 10.5. The van der Waals surface area contributed by atoms with Crippen LogP contribution >= 0.6 is 0 Å². The predicted octanol–water partition coefficient (Wildman–Crippen LogP) is 1.14. The fourth-order valence-electron chi connectivity index (χ4n) is 1.93. The molecule has 1 N–H and O–H groups in total. The van der Waals surface area contributed by atoms with E-state index in [1.54, 1.807) is 0 Å². The maximum absolute atomic E-state index is 9.16. The molecule has 0 aromatic heterocycles. The third-order valence-electron chi connectivity index (χ3n) is 2.72. The van der Waals surface area contributed by atoms with Crippen LogP contribution in [0.1, 0.15) is 32.1 Å². The molecule has 0 aliphatic carbocycles. The Bertz CT molecular complexity index is 176. The van der Waals surface area contributed by atoms with Crippen molar-refractivity contribution in [3.8, 4) is 6.07 Å². The van der Waals surface area contributed by atoms with Crippen molar-refractivity contribution >= 4 is 0 Å². The summed E-state index contributed by atoms with van der Waals surface area (Å²) in [6.45, 7) is 2.11. The van der Waals surface area contributed by atoms with Gasteiger partial charge in [0.05, 0.1) is 12.7 Å². The quantitative estimate of drug-likeness (QED) is 0.712. The molecule has 1 aliphatic rings. The van der Waals surface area contributed by atoms with Gasteiger partial charge in [0, 0.05) is 19.0 Å². The highest BCUT2D eigenvalue weighted by Gasteiger charge is 2.19. The lowest BCUT2D eigenvalue weighted by atomic mass is 10.1. The fraction of sp³-hybridized carbons (Fsp3) is 0.900. The van der Waals surface area contributed by atoms with Gasteiger partial charge in [-0.05, 0) is 19.4 Å². The number of nitriles is 1. The lowest BCUT2D eigenvalue weighted by Crippen LogP contribution is -2.38. The number of likely N-dealkylation sites (tertiary alicyclic amines) is 1. The van der Waals surface area contributed by atoms with Crippen molar-refractivity contribution in [2.45, 2.75) is 38.1 Å². The topological polar surface area (TPSA) is 47.3 Å². The van der Waals surface area contributed by atoms with Crippen molar-refractivity contribution in [1.82, 2.24) is 4.90 Å². The van der Waals surface area contributed by atoms with E-state index >= 15 is 0 Å². The summed E-state index contributed by atoms with van der Waals surface area (Å²) in [5.74, 6) is 0. The molecule has 0 bridgehead atoms. The largest absolute Gasteiger partial charge is 0.395 e. The molecule has 0 amide bonds. The molecular formula is C10H18N2O. The van der Waals surface area contributed by atoms with Crippen LogP contribution in [0.25, 0.3) is 0 Å². The third-order valence-corrected chi connectivity index (χ3v) is 2.72. The van der Waals surface area contributed by atoms with Crippen LogP contribution in [0.2, 0.25) is 0 Å². The third kappa shape index (κ3) is 3.33. The first-order chi connectivity index (χ1) is 6.38. The molecule has 0 saturated carbocycles. The molecule has 1 atom stereocenters. The molecule has 0 aromatic rings. The van der Waals surface area contributed by atoms with Gasteiger partial charge in [-0.25, -0.2) is 0 Å². The Labute approximate surface area is 80.0 Å². The van der Waals surface area contributed by atoms with E-state index < -0.39 is 0 Å². The highest BCUT2D eigenvalue weighted by atomic mass is 16.3. The van der Waals surface area contributed by atoms with Gasteiger partial charge in [-0.3, -0.25) is 4.90 Å². The van der Waals surface area contributed by atoms with E-state index in [0.29, 0.717) is 12.5 Å². The summed E-state index contributed by atoms with van der Waals surface area (Å²) in [4.78, 5) is 2.26. The van der Waals surface area contributed by atoms with Gasteiger partial charge in [0.15, 0.2) is 0 Å². The van der Waals surface area contributed by atoms with Gasteiger partial charge in [0.1, 0.15) is 0 Å². The van der Waals surface area contributed by atoms with Crippen molar-refractivity contribution in [3.05, 3.63) is 0 Å². The van der Waals surface area contributed by atoms with Crippen molar-refractivity contribution in [2.24, 2.45) is 0 Å². The summed E-state index contributed by atoms with van der Waals surface area (Å²) in [7, 11) is 0. The van der Waals surface area contributed by atoms with Crippen molar-refractivity contribution in [2.75, 3.05) is 19.7 Å². The zero-order chi connectivity index (χ0) is 9.52. The van der Waals surface area contributed by atoms with E-state index in [1.165, 1.54) is 19.3 Å². The maximum atomic E-state index is 9.16. The van der Waals surface area contributed by atoms with Crippen LogP contribution < -0.4 is 0 Å². The first-order valence-corrected chi connectivity index (χ1v) is 5.10. The molecule has 1 heterocycles. The van der Waals surface area contributed by atoms with Gasteiger partial charge < -0.3 is 5.11 Å². The second-order valence-electron chi connectivity index (χ2n) is 3.63. The molecule has 0 radical (unpaired) electrons. The first-order valence-electron chi connectivity index (χ1n) is 5.10. The van der Waals surface area contributed by atoms with Gasteiger partial charge in [-0.15, -0.1) is 0 Å². The highest BCUT2D eigenvalue weighted by Crippen LogP contribution is 2.16. The van der Waals surface area contributed by atoms with E-state index in [9.17, 15) is 0 Å². The standard InChI is InChI=1S/C10H18N2O/c11-6-4-8-12-7-3-1-2-5-10(12)9-13/h10,13H,1-5,7-9H2. The minimum atomic E-state index is 0.241. The van der Waals surface area contributed by atoms with Gasteiger partial charge in [-0.2, -0.15) is 5.26 Å². The molecular weight excluding hydrogens is 164 g/mol. The Morgan fingerprint density at radius 3 is 2.92 bits per heavy atom. The van der Waals surface area contributed by atoms with Crippen molar-refractivity contribution in [3.63, 3.8) is 0 Å².